The minimum Gasteiger partial charge on any atom is -0.253 e. The topological polar surface area (TPSA) is 42.5 Å². The largest absolute Gasteiger partial charge is 0.253 e. The molecule has 1 aromatic heterocycles. The van der Waals surface area contributed by atoms with E-state index in [2.05, 4.69) is 42.6 Å². The van der Waals surface area contributed by atoms with Crippen LogP contribution in [0.4, 0.5) is 5.82 Å². The highest BCUT2D eigenvalue weighted by atomic mass is 15.3. The van der Waals surface area contributed by atoms with Gasteiger partial charge in [0.1, 0.15) is 6.34 Å². The van der Waals surface area contributed by atoms with Crippen molar-refractivity contribution in [2.45, 2.75) is 33.2 Å². The molecular weight excluding hydrogens is 176 g/mol. The molecular formula is C10H16N4. The predicted molar refractivity (Wildman–Crippen MR) is 59.7 cm³/mol. The van der Waals surface area contributed by atoms with Crippen LogP contribution in [-0.4, -0.2) is 22.8 Å². The van der Waals surface area contributed by atoms with Crippen LogP contribution in [0.2, 0.25) is 0 Å². The Morgan fingerprint density at radius 2 is 2.14 bits per heavy atom. The SMILES string of the molecule is C=N/C=N\c1c(C)cnn1C(C)(C)C. The van der Waals surface area contributed by atoms with E-state index in [1.54, 1.807) is 6.20 Å². The van der Waals surface area contributed by atoms with Gasteiger partial charge in [-0.15, -0.1) is 0 Å². The lowest BCUT2D eigenvalue weighted by molar-refractivity contribution is 0.359. The second-order valence-corrected chi connectivity index (χ2v) is 4.16. The molecule has 0 spiro atoms. The van der Waals surface area contributed by atoms with Gasteiger partial charge < -0.3 is 0 Å². The van der Waals surface area contributed by atoms with E-state index in [1.807, 2.05) is 11.6 Å². The molecule has 14 heavy (non-hydrogen) atoms. The average molecular weight is 192 g/mol. The zero-order valence-corrected chi connectivity index (χ0v) is 9.15. The lowest BCUT2D eigenvalue weighted by Crippen LogP contribution is -2.22. The minimum absolute atomic E-state index is 0.0674. The molecule has 1 rings (SSSR count). The molecule has 0 amide bonds. The first kappa shape index (κ1) is 10.6. The first-order valence-corrected chi connectivity index (χ1v) is 4.50. The van der Waals surface area contributed by atoms with E-state index < -0.39 is 0 Å². The van der Waals surface area contributed by atoms with Crippen LogP contribution in [0.15, 0.2) is 16.2 Å². The Labute approximate surface area is 84.4 Å². The highest BCUT2D eigenvalue weighted by Gasteiger charge is 2.18. The van der Waals surface area contributed by atoms with Crippen LogP contribution in [-0.2, 0) is 5.54 Å². The summed E-state index contributed by atoms with van der Waals surface area (Å²) in [6.45, 7) is 11.6. The fraction of sp³-hybridized carbons (Fsp3) is 0.500. The zero-order chi connectivity index (χ0) is 10.8. The molecule has 1 heterocycles. The van der Waals surface area contributed by atoms with Crippen molar-refractivity contribution >= 4 is 18.9 Å². The van der Waals surface area contributed by atoms with E-state index in [0.29, 0.717) is 0 Å². The fourth-order valence-corrected chi connectivity index (χ4v) is 1.17. The zero-order valence-electron chi connectivity index (χ0n) is 9.15. The second kappa shape index (κ2) is 3.74. The van der Waals surface area contributed by atoms with Crippen molar-refractivity contribution in [2.24, 2.45) is 9.98 Å². The third-order valence-electron chi connectivity index (χ3n) is 1.82. The summed E-state index contributed by atoms with van der Waals surface area (Å²) in [6, 6.07) is 0. The van der Waals surface area contributed by atoms with Crippen LogP contribution in [0.1, 0.15) is 26.3 Å². The number of rotatable bonds is 2. The third-order valence-corrected chi connectivity index (χ3v) is 1.82. The van der Waals surface area contributed by atoms with Crippen molar-refractivity contribution in [3.63, 3.8) is 0 Å². The van der Waals surface area contributed by atoms with E-state index in [4.69, 9.17) is 0 Å². The van der Waals surface area contributed by atoms with Crippen molar-refractivity contribution in [3.8, 4) is 0 Å². The van der Waals surface area contributed by atoms with Gasteiger partial charge in [0.15, 0.2) is 5.82 Å². The Morgan fingerprint density at radius 1 is 1.50 bits per heavy atom. The van der Waals surface area contributed by atoms with Crippen molar-refractivity contribution in [1.29, 1.82) is 0 Å². The molecule has 0 fully saturated rings. The van der Waals surface area contributed by atoms with Crippen LogP contribution < -0.4 is 0 Å². The van der Waals surface area contributed by atoms with Gasteiger partial charge in [-0.2, -0.15) is 5.10 Å². The Hall–Kier alpha value is -1.45. The molecule has 0 aromatic carbocycles. The number of nitrogens with zero attached hydrogens (tertiary/aromatic N) is 4. The Balaban J connectivity index is 3.19. The number of aliphatic imine (C=N–C) groups is 2. The van der Waals surface area contributed by atoms with Gasteiger partial charge in [-0.05, 0) is 34.4 Å². The minimum atomic E-state index is -0.0674. The summed E-state index contributed by atoms with van der Waals surface area (Å²) in [5.74, 6) is 0.838. The first-order valence-electron chi connectivity index (χ1n) is 4.50. The molecule has 0 aliphatic heterocycles. The van der Waals surface area contributed by atoms with Gasteiger partial charge in [-0.3, -0.25) is 4.99 Å². The molecule has 4 nitrogen and oxygen atoms in total. The normalized spacial score (nSPS) is 12.3. The van der Waals surface area contributed by atoms with E-state index >= 15 is 0 Å². The smallest absolute Gasteiger partial charge is 0.155 e. The molecule has 0 saturated heterocycles. The average Bonchev–Trinajstić information content (AvgIpc) is 2.42. The quantitative estimate of drug-likeness (QED) is 0.523. The maximum absolute atomic E-state index is 4.28. The van der Waals surface area contributed by atoms with Crippen molar-refractivity contribution in [2.75, 3.05) is 0 Å². The van der Waals surface area contributed by atoms with Crippen LogP contribution in [0.3, 0.4) is 0 Å². The molecule has 1 aromatic rings. The molecule has 4 heteroatoms. The number of hydrogen-bond acceptors (Lipinski definition) is 2. The van der Waals surface area contributed by atoms with Gasteiger partial charge >= 0.3 is 0 Å². The van der Waals surface area contributed by atoms with Gasteiger partial charge in [-0.25, -0.2) is 9.67 Å². The van der Waals surface area contributed by atoms with Gasteiger partial charge in [0.2, 0.25) is 0 Å². The predicted octanol–water partition coefficient (Wildman–Crippen LogP) is 2.31. The number of aryl methyl sites for hydroxylation is 1. The molecule has 0 atom stereocenters. The lowest BCUT2D eigenvalue weighted by atomic mass is 10.1. The van der Waals surface area contributed by atoms with Crippen LogP contribution in [0.25, 0.3) is 0 Å². The maximum atomic E-state index is 4.28. The fourth-order valence-electron chi connectivity index (χ4n) is 1.17. The first-order chi connectivity index (χ1) is 6.46. The number of hydrogen-bond donors (Lipinski definition) is 0. The Kier molecular flexibility index (Phi) is 2.84. The molecule has 0 radical (unpaired) electrons. The van der Waals surface area contributed by atoms with E-state index in [9.17, 15) is 0 Å². The Morgan fingerprint density at radius 3 is 2.64 bits per heavy atom. The van der Waals surface area contributed by atoms with Crippen molar-refractivity contribution in [3.05, 3.63) is 11.8 Å². The van der Waals surface area contributed by atoms with Crippen molar-refractivity contribution < 1.29 is 0 Å². The molecule has 0 unspecified atom stereocenters. The molecule has 76 valence electrons. The molecule has 0 saturated carbocycles. The van der Waals surface area contributed by atoms with Gasteiger partial charge in [0.25, 0.3) is 0 Å². The highest BCUT2D eigenvalue weighted by molar-refractivity contribution is 5.66. The maximum Gasteiger partial charge on any atom is 0.155 e. The molecule has 0 aliphatic carbocycles. The summed E-state index contributed by atoms with van der Waals surface area (Å²) >= 11 is 0. The van der Waals surface area contributed by atoms with Crippen molar-refractivity contribution in [1.82, 2.24) is 9.78 Å². The summed E-state index contributed by atoms with van der Waals surface area (Å²) in [6.07, 6.45) is 3.24. The molecule has 0 N–H and O–H groups in total. The summed E-state index contributed by atoms with van der Waals surface area (Å²) in [5, 5.41) is 4.28. The monoisotopic (exact) mass is 192 g/mol. The van der Waals surface area contributed by atoms with E-state index in [-0.39, 0.29) is 5.54 Å². The van der Waals surface area contributed by atoms with Gasteiger partial charge in [0.05, 0.1) is 11.7 Å². The van der Waals surface area contributed by atoms with E-state index in [0.717, 1.165) is 11.4 Å². The Bertz CT molecular complexity index is 355. The summed E-state index contributed by atoms with van der Waals surface area (Å²) in [4.78, 5) is 7.79. The molecule has 0 aliphatic rings. The van der Waals surface area contributed by atoms with E-state index in [1.165, 1.54) is 6.34 Å². The standard InChI is InChI=1S/C10H16N4/c1-8-6-13-14(10(2,3)4)9(8)12-7-11-5/h6-7H,5H2,1-4H3/b12-7-. The third kappa shape index (κ3) is 2.07. The number of aromatic nitrogens is 2. The van der Waals surface area contributed by atoms with Crippen LogP contribution in [0, 0.1) is 6.92 Å². The molecule has 0 bridgehead atoms. The summed E-state index contributed by atoms with van der Waals surface area (Å²) in [5.41, 5.74) is 0.974. The lowest BCUT2D eigenvalue weighted by Gasteiger charge is -2.20. The summed E-state index contributed by atoms with van der Waals surface area (Å²) < 4.78 is 1.88. The van der Waals surface area contributed by atoms with Gasteiger partial charge in [0, 0.05) is 5.56 Å². The van der Waals surface area contributed by atoms with Crippen LogP contribution in [0.5, 0.6) is 0 Å². The second-order valence-electron chi connectivity index (χ2n) is 4.16. The highest BCUT2D eigenvalue weighted by Crippen LogP contribution is 2.24. The van der Waals surface area contributed by atoms with Gasteiger partial charge in [-0.1, -0.05) is 0 Å². The van der Waals surface area contributed by atoms with Crippen LogP contribution >= 0.6 is 0 Å². The summed E-state index contributed by atoms with van der Waals surface area (Å²) in [7, 11) is 0.